The van der Waals surface area contributed by atoms with Crippen molar-refractivity contribution >= 4 is 22.8 Å². The molecular weight excluding hydrogens is 316 g/mol. The molecule has 0 amide bonds. The van der Waals surface area contributed by atoms with Crippen molar-refractivity contribution in [3.05, 3.63) is 30.6 Å². The van der Waals surface area contributed by atoms with Crippen molar-refractivity contribution in [1.82, 2.24) is 29.8 Å². The summed E-state index contributed by atoms with van der Waals surface area (Å²) in [6.07, 6.45) is 7.01. The van der Waals surface area contributed by atoms with Crippen LogP contribution in [-0.4, -0.2) is 35.8 Å². The molecule has 3 rings (SSSR count). The Bertz CT molecular complexity index is 823. The maximum atomic E-state index is 4.70. The number of aromatic nitrogens is 6. The molecule has 0 atom stereocenters. The van der Waals surface area contributed by atoms with E-state index in [1.165, 1.54) is 6.33 Å². The fourth-order valence-corrected chi connectivity index (χ4v) is 2.64. The van der Waals surface area contributed by atoms with Crippen LogP contribution in [0.2, 0.25) is 0 Å². The van der Waals surface area contributed by atoms with E-state index in [9.17, 15) is 0 Å². The Hall–Kier alpha value is -2.77. The lowest BCUT2D eigenvalue weighted by atomic mass is 10.2. The van der Waals surface area contributed by atoms with E-state index in [0.717, 1.165) is 35.9 Å². The van der Waals surface area contributed by atoms with Crippen molar-refractivity contribution in [2.24, 2.45) is 0 Å². The number of hydrogen-bond acceptors (Lipinski definition) is 7. The van der Waals surface area contributed by atoms with Crippen LogP contribution < -0.4 is 10.6 Å². The normalized spacial score (nSPS) is 11.4. The summed E-state index contributed by atoms with van der Waals surface area (Å²) in [4.78, 5) is 8.09. The van der Waals surface area contributed by atoms with Crippen LogP contribution >= 0.6 is 0 Å². The van der Waals surface area contributed by atoms with Crippen molar-refractivity contribution < 1.29 is 0 Å². The predicted molar refractivity (Wildman–Crippen MR) is 98.2 cm³/mol. The van der Waals surface area contributed by atoms with Gasteiger partial charge in [-0.25, -0.2) is 9.97 Å². The monoisotopic (exact) mass is 340 g/mol. The molecule has 3 aromatic heterocycles. The predicted octanol–water partition coefficient (Wildman–Crippen LogP) is 3.38. The van der Waals surface area contributed by atoms with Crippen molar-refractivity contribution in [3.8, 4) is 0 Å². The molecule has 0 unspecified atom stereocenters. The van der Waals surface area contributed by atoms with Gasteiger partial charge in [0.15, 0.2) is 5.82 Å². The average Bonchev–Trinajstić information content (AvgIpc) is 3.05. The van der Waals surface area contributed by atoms with Gasteiger partial charge in [0.2, 0.25) is 5.65 Å². The summed E-state index contributed by atoms with van der Waals surface area (Å²) in [6, 6.07) is 2.33. The topological polar surface area (TPSA) is 92.9 Å². The Labute approximate surface area is 147 Å². The summed E-state index contributed by atoms with van der Waals surface area (Å²) in [7, 11) is 0. The molecule has 8 nitrogen and oxygen atoms in total. The van der Waals surface area contributed by atoms with Gasteiger partial charge < -0.3 is 10.6 Å². The summed E-state index contributed by atoms with van der Waals surface area (Å²) in [6.45, 7) is 8.49. The van der Waals surface area contributed by atoms with Crippen LogP contribution in [0.1, 0.15) is 52.3 Å². The van der Waals surface area contributed by atoms with Crippen LogP contribution in [0, 0.1) is 0 Å². The first-order valence-corrected chi connectivity index (χ1v) is 8.67. The Balaban J connectivity index is 2.06. The molecule has 0 aliphatic heterocycles. The number of hydrogen-bond donors (Lipinski definition) is 2. The smallest absolute Gasteiger partial charge is 0.201 e. The van der Waals surface area contributed by atoms with Gasteiger partial charge in [-0.2, -0.15) is 4.52 Å². The molecule has 2 N–H and O–H groups in total. The van der Waals surface area contributed by atoms with Crippen molar-refractivity contribution in [3.63, 3.8) is 0 Å². The van der Waals surface area contributed by atoms with Gasteiger partial charge in [-0.1, -0.05) is 27.7 Å². The van der Waals surface area contributed by atoms with E-state index >= 15 is 0 Å². The third-order valence-corrected chi connectivity index (χ3v) is 4.09. The Morgan fingerprint density at radius 2 is 1.80 bits per heavy atom. The molecule has 0 saturated heterocycles. The van der Waals surface area contributed by atoms with Crippen LogP contribution in [0.15, 0.2) is 24.8 Å². The van der Waals surface area contributed by atoms with E-state index in [1.807, 2.05) is 10.6 Å². The molecule has 3 aromatic rings. The molecule has 8 heteroatoms. The first-order chi connectivity index (χ1) is 12.1. The number of anilines is 3. The highest BCUT2D eigenvalue weighted by Gasteiger charge is 2.16. The summed E-state index contributed by atoms with van der Waals surface area (Å²) in [5.41, 5.74) is 2.29. The molecule has 132 valence electrons. The largest absolute Gasteiger partial charge is 0.366 e. The molecule has 0 aliphatic carbocycles. The van der Waals surface area contributed by atoms with Gasteiger partial charge in [-0.15, -0.1) is 15.3 Å². The van der Waals surface area contributed by atoms with Gasteiger partial charge in [0.1, 0.15) is 12.1 Å². The highest BCUT2D eigenvalue weighted by molar-refractivity contribution is 5.75. The molecule has 0 spiro atoms. The summed E-state index contributed by atoms with van der Waals surface area (Å²) < 4.78 is 1.81. The third kappa shape index (κ3) is 3.67. The summed E-state index contributed by atoms with van der Waals surface area (Å²) in [5.74, 6) is 1.84. The Morgan fingerprint density at radius 1 is 1.08 bits per heavy atom. The second kappa shape index (κ2) is 7.42. The van der Waals surface area contributed by atoms with Crippen LogP contribution in [0.5, 0.6) is 0 Å². The van der Waals surface area contributed by atoms with Gasteiger partial charge in [-0.3, -0.25) is 0 Å². The molecule has 0 aromatic carbocycles. The summed E-state index contributed by atoms with van der Waals surface area (Å²) in [5, 5.41) is 20.1. The van der Waals surface area contributed by atoms with E-state index in [0.29, 0.717) is 11.7 Å². The van der Waals surface area contributed by atoms with Crippen molar-refractivity contribution in [2.45, 2.75) is 52.5 Å². The minimum atomic E-state index is 0.221. The zero-order chi connectivity index (χ0) is 17.8. The average molecular weight is 340 g/mol. The second-order valence-electron chi connectivity index (χ2n) is 6.30. The lowest BCUT2D eigenvalue weighted by Crippen LogP contribution is -2.19. The van der Waals surface area contributed by atoms with Crippen LogP contribution in [-0.2, 0) is 0 Å². The number of nitrogens with one attached hydrogen (secondary N) is 2. The van der Waals surface area contributed by atoms with Crippen molar-refractivity contribution in [1.29, 1.82) is 0 Å². The van der Waals surface area contributed by atoms with E-state index in [-0.39, 0.29) is 5.92 Å². The Kier molecular flexibility index (Phi) is 5.06. The van der Waals surface area contributed by atoms with Gasteiger partial charge in [0.05, 0.1) is 23.8 Å². The molecule has 0 bridgehead atoms. The molecular formula is C17H24N8. The molecule has 25 heavy (non-hydrogen) atoms. The quantitative estimate of drug-likeness (QED) is 0.681. The molecule has 3 heterocycles. The van der Waals surface area contributed by atoms with Crippen LogP contribution in [0.4, 0.5) is 17.2 Å². The third-order valence-electron chi connectivity index (χ3n) is 4.09. The van der Waals surface area contributed by atoms with Crippen LogP contribution in [0.3, 0.4) is 0 Å². The van der Waals surface area contributed by atoms with Crippen molar-refractivity contribution in [2.75, 3.05) is 10.6 Å². The molecule has 0 radical (unpaired) electrons. The molecule has 0 saturated carbocycles. The van der Waals surface area contributed by atoms with E-state index in [1.54, 1.807) is 12.4 Å². The first kappa shape index (κ1) is 17.1. The molecule has 0 fully saturated rings. The molecule has 0 aliphatic rings. The minimum Gasteiger partial charge on any atom is -0.366 e. The van der Waals surface area contributed by atoms with E-state index < -0.39 is 0 Å². The SMILES string of the molecule is CCC(CC)Nc1cc(Nc2cncnc2)c2nnc(C(C)C)n2n1. The van der Waals surface area contributed by atoms with E-state index in [2.05, 4.69) is 58.5 Å². The second-order valence-corrected chi connectivity index (χ2v) is 6.30. The highest BCUT2D eigenvalue weighted by Crippen LogP contribution is 2.25. The highest BCUT2D eigenvalue weighted by atomic mass is 15.4. The van der Waals surface area contributed by atoms with Gasteiger partial charge in [0.25, 0.3) is 0 Å². The number of rotatable bonds is 7. The zero-order valence-electron chi connectivity index (χ0n) is 15.1. The maximum Gasteiger partial charge on any atom is 0.201 e. The van der Waals surface area contributed by atoms with Crippen LogP contribution in [0.25, 0.3) is 5.65 Å². The lowest BCUT2D eigenvalue weighted by Gasteiger charge is -2.17. The summed E-state index contributed by atoms with van der Waals surface area (Å²) >= 11 is 0. The first-order valence-electron chi connectivity index (χ1n) is 8.67. The van der Waals surface area contributed by atoms with Gasteiger partial charge in [-0.05, 0) is 12.8 Å². The Morgan fingerprint density at radius 3 is 2.44 bits per heavy atom. The van der Waals surface area contributed by atoms with Gasteiger partial charge >= 0.3 is 0 Å². The van der Waals surface area contributed by atoms with E-state index in [4.69, 9.17) is 5.10 Å². The maximum absolute atomic E-state index is 4.70. The standard InChI is InChI=1S/C17H24N8/c1-5-12(6-2)21-15-7-14(20-13-8-18-10-19-9-13)17-23-22-16(11(3)4)25(17)24-15/h7-12,20H,5-6H2,1-4H3,(H,21,24). The fraction of sp³-hybridized carbons (Fsp3) is 0.471. The number of fused-ring (bicyclic) bond motifs is 1. The fourth-order valence-electron chi connectivity index (χ4n) is 2.64. The minimum absolute atomic E-state index is 0.221. The van der Waals surface area contributed by atoms with Gasteiger partial charge in [0, 0.05) is 18.0 Å². The number of nitrogens with zero attached hydrogens (tertiary/aromatic N) is 6. The lowest BCUT2D eigenvalue weighted by molar-refractivity contribution is 0.661. The zero-order valence-corrected chi connectivity index (χ0v) is 15.1.